The van der Waals surface area contributed by atoms with Crippen molar-refractivity contribution in [3.05, 3.63) is 45.5 Å². The zero-order valence-corrected chi connectivity index (χ0v) is 17.0. The molecule has 0 bridgehead atoms. The summed E-state index contributed by atoms with van der Waals surface area (Å²) in [5.41, 5.74) is 6.85. The van der Waals surface area contributed by atoms with Gasteiger partial charge in [-0.1, -0.05) is 57.5 Å². The average Bonchev–Trinajstić information content (AvgIpc) is 2.99. The highest BCUT2D eigenvalue weighted by Crippen LogP contribution is 2.32. The molecule has 0 fully saturated rings. The van der Waals surface area contributed by atoms with E-state index in [-0.39, 0.29) is 0 Å². The topological polar surface area (TPSA) is 17.1 Å². The van der Waals surface area contributed by atoms with Gasteiger partial charge >= 0.3 is 0 Å². The van der Waals surface area contributed by atoms with Crippen molar-refractivity contribution in [1.29, 1.82) is 0 Å². The summed E-state index contributed by atoms with van der Waals surface area (Å²) in [6.45, 7) is 16.1. The minimum absolute atomic E-state index is 0.750. The summed E-state index contributed by atoms with van der Waals surface area (Å²) in [6, 6.07) is 2.27. The summed E-state index contributed by atoms with van der Waals surface area (Å²) >= 11 is 5.99. The molecule has 2 rings (SSSR count). The Bertz CT molecular complexity index is 564. The molecule has 2 heteroatoms. The van der Waals surface area contributed by atoms with Gasteiger partial charge < -0.3 is 4.79 Å². The number of benzene rings is 1. The number of halogens is 1. The Morgan fingerprint density at radius 1 is 1.38 bits per heavy atom. The van der Waals surface area contributed by atoms with Crippen molar-refractivity contribution in [2.75, 3.05) is 0 Å². The zero-order valence-electron chi connectivity index (χ0n) is 16.2. The Balaban J connectivity index is 0.000000559. The number of hydrogen-bond acceptors (Lipinski definition) is 1. The van der Waals surface area contributed by atoms with Crippen LogP contribution in [0.2, 0.25) is 0 Å². The second-order valence-corrected chi connectivity index (χ2v) is 7.06. The molecule has 24 heavy (non-hydrogen) atoms. The van der Waals surface area contributed by atoms with E-state index in [4.69, 9.17) is 16.4 Å². The fraction of sp³-hybridized carbons (Fsp3) is 0.500. The molecule has 0 saturated carbocycles. The van der Waals surface area contributed by atoms with Gasteiger partial charge in [0.25, 0.3) is 0 Å². The third kappa shape index (κ3) is 7.49. The van der Waals surface area contributed by atoms with Crippen LogP contribution in [0, 0.1) is 12.8 Å². The molecule has 0 atom stereocenters. The van der Waals surface area contributed by atoms with Gasteiger partial charge in [0, 0.05) is 5.03 Å². The van der Waals surface area contributed by atoms with Gasteiger partial charge in [-0.2, -0.15) is 0 Å². The van der Waals surface area contributed by atoms with Gasteiger partial charge in [-0.3, -0.25) is 0 Å². The van der Waals surface area contributed by atoms with Gasteiger partial charge in [-0.05, 0) is 79.8 Å². The number of aldehydes is 1. The number of aryl methyl sites for hydroxylation is 1. The lowest BCUT2D eigenvalue weighted by Gasteiger charge is -2.12. The summed E-state index contributed by atoms with van der Waals surface area (Å²) in [5.74, 6) is 0.884. The van der Waals surface area contributed by atoms with Crippen LogP contribution in [0.15, 0.2) is 17.7 Å². The maximum absolute atomic E-state index is 8.81. The summed E-state index contributed by atoms with van der Waals surface area (Å²) in [7, 11) is 0. The molecular formula is C22H33ClO. The lowest BCUT2D eigenvalue weighted by Crippen LogP contribution is -1.95. The van der Waals surface area contributed by atoms with Gasteiger partial charge in [0.2, 0.25) is 0 Å². The minimum Gasteiger partial charge on any atom is -0.304 e. The average molecular weight is 349 g/mol. The lowest BCUT2D eigenvalue weighted by atomic mass is 9.93. The standard InChI is InChI=1S/C15H17Cl.C5H12.C2H4O/c1-4-12-9-13-6-5-7-14(13)11(3)15(12)8-10(2)16;1-4-5(2)3;1-2-3/h4,8-9H,1,5-7H2,2-3H3;5H,4H2,1-3H3;2H,1H3/b10-8+;;. The molecule has 0 aromatic heterocycles. The largest absolute Gasteiger partial charge is 0.304 e. The molecule has 0 spiro atoms. The number of carbonyl (C=O) groups is 1. The van der Waals surface area contributed by atoms with Gasteiger partial charge in [-0.15, -0.1) is 0 Å². The lowest BCUT2D eigenvalue weighted by molar-refractivity contribution is -0.106. The van der Waals surface area contributed by atoms with Crippen molar-refractivity contribution in [1.82, 2.24) is 0 Å². The Hall–Kier alpha value is -1.34. The highest BCUT2D eigenvalue weighted by Gasteiger charge is 2.16. The van der Waals surface area contributed by atoms with Crippen LogP contribution < -0.4 is 0 Å². The van der Waals surface area contributed by atoms with Crippen molar-refractivity contribution in [3.63, 3.8) is 0 Å². The first-order valence-corrected chi connectivity index (χ1v) is 9.21. The maximum atomic E-state index is 8.81. The van der Waals surface area contributed by atoms with Crippen LogP contribution in [0.25, 0.3) is 12.2 Å². The van der Waals surface area contributed by atoms with E-state index in [1.165, 1.54) is 60.4 Å². The predicted octanol–water partition coefficient (Wildman–Crippen LogP) is 6.98. The van der Waals surface area contributed by atoms with Crippen molar-refractivity contribution in [3.8, 4) is 0 Å². The first-order valence-electron chi connectivity index (χ1n) is 8.83. The Kier molecular flexibility index (Phi) is 11.4. The minimum atomic E-state index is 0.750. The first kappa shape index (κ1) is 22.7. The Morgan fingerprint density at radius 3 is 2.33 bits per heavy atom. The monoisotopic (exact) mass is 348 g/mol. The second kappa shape index (κ2) is 12.1. The molecule has 1 aromatic rings. The normalized spacial score (nSPS) is 12.6. The highest BCUT2D eigenvalue weighted by molar-refractivity contribution is 6.31. The highest BCUT2D eigenvalue weighted by atomic mass is 35.5. The molecule has 1 nitrogen and oxygen atoms in total. The van der Waals surface area contributed by atoms with Crippen LogP contribution in [0.3, 0.4) is 0 Å². The molecule has 1 aromatic carbocycles. The molecule has 1 aliphatic carbocycles. The van der Waals surface area contributed by atoms with Crippen LogP contribution in [-0.2, 0) is 17.6 Å². The van der Waals surface area contributed by atoms with Crippen LogP contribution in [0.5, 0.6) is 0 Å². The van der Waals surface area contributed by atoms with Crippen LogP contribution in [0.1, 0.15) is 75.3 Å². The quantitative estimate of drug-likeness (QED) is 0.538. The SMILES string of the molecule is C=Cc1cc2c(c(C)c1/C=C(\C)Cl)CCC2.CC=O.CCC(C)C. The first-order chi connectivity index (χ1) is 11.3. The summed E-state index contributed by atoms with van der Waals surface area (Å²) in [5, 5.41) is 0.823. The van der Waals surface area contributed by atoms with E-state index >= 15 is 0 Å². The van der Waals surface area contributed by atoms with Crippen molar-refractivity contribution in [2.45, 2.75) is 67.2 Å². The van der Waals surface area contributed by atoms with E-state index < -0.39 is 0 Å². The Labute approximate surface area is 153 Å². The molecule has 0 unspecified atom stereocenters. The number of rotatable bonds is 3. The molecule has 0 saturated heterocycles. The van der Waals surface area contributed by atoms with E-state index in [2.05, 4.69) is 40.3 Å². The molecular weight excluding hydrogens is 316 g/mol. The number of fused-ring (bicyclic) bond motifs is 1. The van der Waals surface area contributed by atoms with Gasteiger partial charge in [0.15, 0.2) is 0 Å². The zero-order chi connectivity index (χ0) is 18.7. The van der Waals surface area contributed by atoms with Gasteiger partial charge in [0.05, 0.1) is 0 Å². The molecule has 0 radical (unpaired) electrons. The smallest absolute Gasteiger partial charge is 0.116 e. The van der Waals surface area contributed by atoms with Gasteiger partial charge in [0.1, 0.15) is 6.29 Å². The van der Waals surface area contributed by atoms with E-state index in [1.54, 1.807) is 0 Å². The number of allylic oxidation sites excluding steroid dienone is 1. The Morgan fingerprint density at radius 2 is 1.92 bits per heavy atom. The fourth-order valence-electron chi connectivity index (χ4n) is 2.56. The third-order valence-corrected chi connectivity index (χ3v) is 4.25. The van der Waals surface area contributed by atoms with Crippen molar-refractivity contribution >= 4 is 30.0 Å². The summed E-state index contributed by atoms with van der Waals surface area (Å²) in [4.78, 5) is 8.81. The molecule has 0 N–H and O–H groups in total. The van der Waals surface area contributed by atoms with E-state index in [0.29, 0.717) is 0 Å². The third-order valence-electron chi connectivity index (χ3n) is 4.14. The van der Waals surface area contributed by atoms with E-state index in [9.17, 15) is 0 Å². The summed E-state index contributed by atoms with van der Waals surface area (Å²) < 4.78 is 0. The molecule has 134 valence electrons. The van der Waals surface area contributed by atoms with E-state index in [0.717, 1.165) is 17.2 Å². The molecule has 0 amide bonds. The number of carbonyl (C=O) groups excluding carboxylic acids is 1. The molecule has 1 aliphatic rings. The van der Waals surface area contributed by atoms with Crippen LogP contribution in [0.4, 0.5) is 0 Å². The second-order valence-electron chi connectivity index (χ2n) is 6.47. The van der Waals surface area contributed by atoms with Crippen LogP contribution >= 0.6 is 11.6 Å². The van der Waals surface area contributed by atoms with E-state index in [1.807, 2.05) is 19.1 Å². The molecule has 0 heterocycles. The summed E-state index contributed by atoms with van der Waals surface area (Å²) in [6.07, 6.45) is 9.73. The number of hydrogen-bond donors (Lipinski definition) is 0. The van der Waals surface area contributed by atoms with Crippen molar-refractivity contribution in [2.24, 2.45) is 5.92 Å². The van der Waals surface area contributed by atoms with Gasteiger partial charge in [-0.25, -0.2) is 0 Å². The fourth-order valence-corrected chi connectivity index (χ4v) is 2.67. The molecule has 0 aliphatic heterocycles. The predicted molar refractivity (Wildman–Crippen MR) is 110 cm³/mol. The van der Waals surface area contributed by atoms with Crippen molar-refractivity contribution < 1.29 is 4.79 Å². The maximum Gasteiger partial charge on any atom is 0.116 e. The van der Waals surface area contributed by atoms with Crippen LogP contribution in [-0.4, -0.2) is 6.29 Å².